The first-order chi connectivity index (χ1) is 8.18. The number of nitrogens with zero attached hydrogens (tertiary/aromatic N) is 1. The van der Waals surface area contributed by atoms with E-state index in [1.54, 1.807) is 0 Å². The molecule has 0 aromatic heterocycles. The minimum Gasteiger partial charge on any atom is -0.337 e. The summed E-state index contributed by atoms with van der Waals surface area (Å²) in [7, 11) is 0. The summed E-state index contributed by atoms with van der Waals surface area (Å²) in [5, 5.41) is 3.34. The predicted octanol–water partition coefficient (Wildman–Crippen LogP) is 2.44. The molecule has 0 aromatic rings. The zero-order chi connectivity index (χ0) is 12.3. The second kappa shape index (κ2) is 7.34. The third-order valence-electron chi connectivity index (χ3n) is 4.37. The molecule has 1 aliphatic heterocycles. The molecule has 2 atom stereocenters. The normalized spacial score (nSPS) is 26.8. The Morgan fingerprint density at radius 2 is 2.06 bits per heavy atom. The highest BCUT2D eigenvalue weighted by atomic mass is 35.5. The molecule has 1 saturated carbocycles. The van der Waals surface area contributed by atoms with Gasteiger partial charge in [0, 0.05) is 31.6 Å². The van der Waals surface area contributed by atoms with Gasteiger partial charge in [0.2, 0.25) is 5.91 Å². The fourth-order valence-corrected chi connectivity index (χ4v) is 3.30. The van der Waals surface area contributed by atoms with Crippen LogP contribution in [-0.4, -0.2) is 36.5 Å². The summed E-state index contributed by atoms with van der Waals surface area (Å²) in [5.41, 5.74) is 0. The van der Waals surface area contributed by atoms with E-state index < -0.39 is 0 Å². The fraction of sp³-hybridized carbons (Fsp3) is 0.929. The van der Waals surface area contributed by atoms with Gasteiger partial charge in [-0.1, -0.05) is 32.6 Å². The summed E-state index contributed by atoms with van der Waals surface area (Å²) < 4.78 is 0. The Morgan fingerprint density at radius 3 is 2.67 bits per heavy atom. The van der Waals surface area contributed by atoms with E-state index >= 15 is 0 Å². The number of carbonyl (C=O) groups excluding carboxylic acids is 1. The highest BCUT2D eigenvalue weighted by Gasteiger charge is 2.28. The van der Waals surface area contributed by atoms with Gasteiger partial charge < -0.3 is 10.2 Å². The Balaban J connectivity index is 0.00000162. The molecule has 2 aliphatic rings. The molecule has 2 rings (SSSR count). The third kappa shape index (κ3) is 3.86. The van der Waals surface area contributed by atoms with Crippen LogP contribution in [0.2, 0.25) is 0 Å². The van der Waals surface area contributed by atoms with Crippen molar-refractivity contribution in [3.8, 4) is 0 Å². The van der Waals surface area contributed by atoms with Crippen molar-refractivity contribution in [3.05, 3.63) is 0 Å². The molecule has 4 heteroatoms. The van der Waals surface area contributed by atoms with E-state index in [2.05, 4.69) is 24.1 Å². The van der Waals surface area contributed by atoms with Gasteiger partial charge in [0.15, 0.2) is 0 Å². The van der Waals surface area contributed by atoms with Crippen LogP contribution in [0, 0.1) is 11.8 Å². The molecular weight excluding hydrogens is 248 g/mol. The van der Waals surface area contributed by atoms with Crippen LogP contribution in [0.1, 0.15) is 46.0 Å². The van der Waals surface area contributed by atoms with Crippen LogP contribution in [0.5, 0.6) is 0 Å². The van der Waals surface area contributed by atoms with Gasteiger partial charge in [0.25, 0.3) is 0 Å². The molecule has 1 N–H and O–H groups in total. The van der Waals surface area contributed by atoms with E-state index in [1.165, 1.54) is 25.7 Å². The number of nitrogens with one attached hydrogen (secondary N) is 1. The number of rotatable bonds is 3. The van der Waals surface area contributed by atoms with Gasteiger partial charge in [-0.3, -0.25) is 4.79 Å². The van der Waals surface area contributed by atoms with Crippen LogP contribution in [-0.2, 0) is 4.79 Å². The van der Waals surface area contributed by atoms with Gasteiger partial charge in [-0.15, -0.1) is 12.4 Å². The molecule has 1 saturated heterocycles. The molecule has 3 nitrogen and oxygen atoms in total. The Hall–Kier alpha value is -0.280. The zero-order valence-electron chi connectivity index (χ0n) is 11.7. The number of amides is 1. The average molecular weight is 275 g/mol. The topological polar surface area (TPSA) is 32.3 Å². The van der Waals surface area contributed by atoms with Crippen LogP contribution < -0.4 is 5.32 Å². The van der Waals surface area contributed by atoms with Gasteiger partial charge in [-0.05, 0) is 19.3 Å². The van der Waals surface area contributed by atoms with Crippen molar-refractivity contribution in [1.29, 1.82) is 0 Å². The van der Waals surface area contributed by atoms with Crippen molar-refractivity contribution in [3.63, 3.8) is 0 Å². The molecule has 1 amide bonds. The van der Waals surface area contributed by atoms with Crippen LogP contribution in [0.4, 0.5) is 0 Å². The number of piperazine rings is 1. The summed E-state index contributed by atoms with van der Waals surface area (Å²) in [4.78, 5) is 14.5. The lowest BCUT2D eigenvalue weighted by atomic mass is 9.93. The molecule has 0 radical (unpaired) electrons. The Morgan fingerprint density at radius 1 is 1.39 bits per heavy atom. The molecule has 1 aliphatic carbocycles. The second-order valence-corrected chi connectivity index (χ2v) is 5.87. The monoisotopic (exact) mass is 274 g/mol. The first-order valence-electron chi connectivity index (χ1n) is 7.19. The zero-order valence-corrected chi connectivity index (χ0v) is 12.5. The predicted molar refractivity (Wildman–Crippen MR) is 77.0 cm³/mol. The highest BCUT2D eigenvalue weighted by Crippen LogP contribution is 2.31. The van der Waals surface area contributed by atoms with Crippen LogP contribution >= 0.6 is 12.4 Å². The lowest BCUT2D eigenvalue weighted by Crippen LogP contribution is -2.53. The maximum atomic E-state index is 12.4. The van der Waals surface area contributed by atoms with Crippen molar-refractivity contribution in [1.82, 2.24) is 10.2 Å². The Kier molecular flexibility index (Phi) is 6.44. The summed E-state index contributed by atoms with van der Waals surface area (Å²) in [6.07, 6.45) is 6.53. The molecule has 106 valence electrons. The van der Waals surface area contributed by atoms with E-state index in [-0.39, 0.29) is 18.3 Å². The van der Waals surface area contributed by atoms with E-state index in [1.807, 2.05) is 0 Å². The quantitative estimate of drug-likeness (QED) is 0.857. The van der Waals surface area contributed by atoms with E-state index in [9.17, 15) is 4.79 Å². The van der Waals surface area contributed by atoms with Crippen molar-refractivity contribution in [2.75, 3.05) is 19.6 Å². The average Bonchev–Trinajstić information content (AvgIpc) is 2.81. The standard InChI is InChI=1S/C14H26N2O.ClH/c1-11(9-13-5-3-4-6-13)14(17)16-8-7-15-10-12(16)2;/h11-13,15H,3-10H2,1-2H3;1H/t11?,12-;/m1./s1. The van der Waals surface area contributed by atoms with Gasteiger partial charge in [-0.25, -0.2) is 0 Å². The fourth-order valence-electron chi connectivity index (χ4n) is 3.30. The first-order valence-corrected chi connectivity index (χ1v) is 7.19. The minimum atomic E-state index is 0. The lowest BCUT2D eigenvalue weighted by molar-refractivity contribution is -0.138. The van der Waals surface area contributed by atoms with E-state index in [0.717, 1.165) is 32.0 Å². The van der Waals surface area contributed by atoms with E-state index in [4.69, 9.17) is 0 Å². The third-order valence-corrected chi connectivity index (χ3v) is 4.37. The van der Waals surface area contributed by atoms with Crippen LogP contribution in [0.25, 0.3) is 0 Å². The molecule has 0 spiro atoms. The van der Waals surface area contributed by atoms with Crippen molar-refractivity contribution in [2.45, 2.75) is 52.0 Å². The van der Waals surface area contributed by atoms with Gasteiger partial charge in [0.05, 0.1) is 0 Å². The maximum absolute atomic E-state index is 12.4. The van der Waals surface area contributed by atoms with Gasteiger partial charge >= 0.3 is 0 Å². The molecule has 0 aromatic carbocycles. The largest absolute Gasteiger partial charge is 0.337 e. The summed E-state index contributed by atoms with van der Waals surface area (Å²) in [6, 6.07) is 0.363. The number of hydrogen-bond donors (Lipinski definition) is 1. The van der Waals surface area contributed by atoms with Gasteiger partial charge in [0.1, 0.15) is 0 Å². The molecule has 18 heavy (non-hydrogen) atoms. The second-order valence-electron chi connectivity index (χ2n) is 5.87. The maximum Gasteiger partial charge on any atom is 0.225 e. The van der Waals surface area contributed by atoms with Crippen LogP contribution in [0.3, 0.4) is 0 Å². The summed E-state index contributed by atoms with van der Waals surface area (Å²) in [5.74, 6) is 1.41. The van der Waals surface area contributed by atoms with Crippen LogP contribution in [0.15, 0.2) is 0 Å². The highest BCUT2D eigenvalue weighted by molar-refractivity contribution is 5.85. The molecule has 1 unspecified atom stereocenters. The lowest BCUT2D eigenvalue weighted by Gasteiger charge is -2.36. The van der Waals surface area contributed by atoms with Crippen molar-refractivity contribution in [2.24, 2.45) is 11.8 Å². The number of halogens is 1. The van der Waals surface area contributed by atoms with Crippen molar-refractivity contribution >= 4 is 18.3 Å². The summed E-state index contributed by atoms with van der Waals surface area (Å²) >= 11 is 0. The number of carbonyl (C=O) groups is 1. The summed E-state index contributed by atoms with van der Waals surface area (Å²) in [6.45, 7) is 7.05. The van der Waals surface area contributed by atoms with E-state index in [0.29, 0.717) is 11.9 Å². The molecule has 2 fully saturated rings. The molecular formula is C14H27ClN2O. The number of hydrogen-bond acceptors (Lipinski definition) is 2. The minimum absolute atomic E-state index is 0. The first kappa shape index (κ1) is 15.8. The van der Waals surface area contributed by atoms with Gasteiger partial charge in [-0.2, -0.15) is 0 Å². The smallest absolute Gasteiger partial charge is 0.225 e. The Labute approximate surface area is 117 Å². The van der Waals surface area contributed by atoms with Crippen molar-refractivity contribution < 1.29 is 4.79 Å². The molecule has 0 bridgehead atoms. The SMILES string of the molecule is CC(CC1CCCC1)C(=O)N1CCNC[C@H]1C.Cl. The Bertz CT molecular complexity index is 267. The molecule has 1 heterocycles.